The van der Waals surface area contributed by atoms with Gasteiger partial charge in [0.25, 0.3) is 0 Å². The lowest BCUT2D eigenvalue weighted by Gasteiger charge is -2.43. The van der Waals surface area contributed by atoms with Gasteiger partial charge >= 0.3 is 6.09 Å². The molecule has 1 amide bonds. The number of carbonyl (C=O) groups excluding carboxylic acids is 2. The van der Waals surface area contributed by atoms with E-state index in [9.17, 15) is 9.59 Å². The zero-order valence-corrected chi connectivity index (χ0v) is 18.6. The summed E-state index contributed by atoms with van der Waals surface area (Å²) in [5, 5.41) is 0.0553. The molecule has 2 aliphatic rings. The van der Waals surface area contributed by atoms with E-state index in [0.29, 0.717) is 12.8 Å². The van der Waals surface area contributed by atoms with E-state index >= 15 is 0 Å². The molecule has 0 N–H and O–H groups in total. The fourth-order valence-electron chi connectivity index (χ4n) is 3.65. The molecule has 2 rings (SSSR count). The molecule has 0 radical (unpaired) electrons. The van der Waals surface area contributed by atoms with Crippen LogP contribution in [0.2, 0.25) is 18.1 Å². The molecule has 0 aromatic rings. The largest absolute Gasteiger partial charge is 0.453 e. The highest BCUT2D eigenvalue weighted by Crippen LogP contribution is 2.48. The number of Topliss-reactive ketones (excluding diaryl/α,β-unsaturated/α-hetero) is 1. The van der Waals surface area contributed by atoms with Gasteiger partial charge < -0.3 is 9.16 Å². The summed E-state index contributed by atoms with van der Waals surface area (Å²) < 4.78 is 11.7. The van der Waals surface area contributed by atoms with Gasteiger partial charge in [-0.15, -0.1) is 6.58 Å². The first-order valence-electron chi connectivity index (χ1n) is 8.78. The van der Waals surface area contributed by atoms with Crippen LogP contribution in [0.3, 0.4) is 0 Å². The maximum absolute atomic E-state index is 12.5. The molecule has 0 aromatic carbocycles. The normalized spacial score (nSPS) is 32.7. The lowest BCUT2D eigenvalue weighted by Crippen LogP contribution is -2.56. The van der Waals surface area contributed by atoms with E-state index in [0.717, 1.165) is 0 Å². The number of amides is 1. The van der Waals surface area contributed by atoms with Crippen molar-refractivity contribution in [2.45, 2.75) is 74.8 Å². The number of hydrogen-bond acceptors (Lipinski definition) is 4. The highest BCUT2D eigenvalue weighted by atomic mass is 79.9. The van der Waals surface area contributed by atoms with E-state index in [4.69, 9.17) is 9.16 Å². The Morgan fingerprint density at radius 2 is 2.04 bits per heavy atom. The number of ketones is 1. The number of rotatable bonds is 4. The zero-order valence-electron chi connectivity index (χ0n) is 16.0. The minimum Gasteiger partial charge on any atom is -0.453 e. The minimum atomic E-state index is -2.05. The quantitative estimate of drug-likeness (QED) is 0.381. The Morgan fingerprint density at radius 1 is 1.44 bits per heavy atom. The average Bonchev–Trinajstić information content (AvgIpc) is 2.72. The Labute approximate surface area is 160 Å². The van der Waals surface area contributed by atoms with E-state index in [2.05, 4.69) is 56.4 Å². The number of hydrogen-bond donors (Lipinski definition) is 0. The Bertz CT molecular complexity index is 560. The molecule has 1 aliphatic carbocycles. The van der Waals surface area contributed by atoms with Gasteiger partial charge in [-0.3, -0.25) is 9.69 Å². The molecule has 1 saturated carbocycles. The van der Waals surface area contributed by atoms with Crippen LogP contribution in [0.4, 0.5) is 4.79 Å². The number of nitrogens with zero attached hydrogens (tertiary/aromatic N) is 1. The molecular formula is C18H30BrNO4Si. The fraction of sp³-hybridized carbons (Fsp3) is 0.778. The lowest BCUT2D eigenvalue weighted by atomic mass is 9.83. The second kappa shape index (κ2) is 7.16. The standard InChI is InChI=1S/C18H30BrNO4Si/c1-8-9-12-11-10-13(21)14(19)15(20(12)17(22)23-5)16(11)24-25(6,7)18(2,3)4/h8,11-12,14-16H,1,9-10H2,2-7H3/t11-,12-,14+,15-,16+/m1/s1. The second-order valence-corrected chi connectivity index (χ2v) is 14.3. The van der Waals surface area contributed by atoms with E-state index in [1.165, 1.54) is 7.11 Å². The molecule has 0 unspecified atom stereocenters. The first kappa shape index (κ1) is 20.6. The topological polar surface area (TPSA) is 55.8 Å². The molecule has 5 nitrogen and oxygen atoms in total. The van der Waals surface area contributed by atoms with Gasteiger partial charge in [-0.25, -0.2) is 4.79 Å². The van der Waals surface area contributed by atoms with Crippen molar-refractivity contribution < 1.29 is 18.8 Å². The predicted molar refractivity (Wildman–Crippen MR) is 105 cm³/mol. The van der Waals surface area contributed by atoms with E-state index < -0.39 is 19.2 Å². The van der Waals surface area contributed by atoms with E-state index in [1.807, 2.05) is 0 Å². The molecule has 5 atom stereocenters. The van der Waals surface area contributed by atoms with Crippen LogP contribution in [0.15, 0.2) is 12.7 Å². The number of ether oxygens (including phenoxy) is 1. The van der Waals surface area contributed by atoms with E-state index in [-0.39, 0.29) is 34.9 Å². The summed E-state index contributed by atoms with van der Waals surface area (Å²) in [7, 11) is -0.672. The Kier molecular flexibility index (Phi) is 5.91. The van der Waals surface area contributed by atoms with Crippen molar-refractivity contribution in [1.29, 1.82) is 0 Å². The van der Waals surface area contributed by atoms with Gasteiger partial charge in [0.05, 0.1) is 24.1 Å². The first-order valence-corrected chi connectivity index (χ1v) is 12.6. The molecule has 7 heteroatoms. The molecule has 2 fully saturated rings. The van der Waals surface area contributed by atoms with Gasteiger partial charge in [0.2, 0.25) is 0 Å². The van der Waals surface area contributed by atoms with Crippen LogP contribution in [0.1, 0.15) is 33.6 Å². The Balaban J connectivity index is 2.45. The molecule has 0 aromatic heterocycles. The van der Waals surface area contributed by atoms with Crippen LogP contribution in [0, 0.1) is 5.92 Å². The van der Waals surface area contributed by atoms with Crippen molar-refractivity contribution in [3.05, 3.63) is 12.7 Å². The molecule has 142 valence electrons. The highest BCUT2D eigenvalue weighted by Gasteiger charge is 2.60. The maximum Gasteiger partial charge on any atom is 0.410 e. The van der Waals surface area contributed by atoms with Gasteiger partial charge in [0.1, 0.15) is 5.78 Å². The summed E-state index contributed by atoms with van der Waals surface area (Å²) in [6, 6.07) is -0.450. The first-order chi connectivity index (χ1) is 11.5. The van der Waals surface area contributed by atoms with Crippen molar-refractivity contribution in [2.24, 2.45) is 5.92 Å². The van der Waals surface area contributed by atoms with Gasteiger partial charge in [-0.2, -0.15) is 0 Å². The van der Waals surface area contributed by atoms with Gasteiger partial charge in [-0.1, -0.05) is 42.8 Å². The highest BCUT2D eigenvalue weighted by molar-refractivity contribution is 9.10. The third kappa shape index (κ3) is 3.60. The third-order valence-corrected chi connectivity index (χ3v) is 11.5. The number of likely N-dealkylation sites (tertiary alicyclic amines) is 1. The van der Waals surface area contributed by atoms with Crippen LogP contribution in [-0.4, -0.2) is 55.2 Å². The molecule has 1 heterocycles. The molecule has 2 bridgehead atoms. The smallest absolute Gasteiger partial charge is 0.410 e. The SMILES string of the molecule is C=CC[C@@H]1[C@H]2CC(=O)[C@H](Br)[C@H]([C@H]2O[Si](C)(C)C(C)(C)C)N1C(=O)OC. The third-order valence-electron chi connectivity index (χ3n) is 6.01. The molecule has 1 saturated heterocycles. The number of carbonyl (C=O) groups is 2. The van der Waals surface area contributed by atoms with Crippen molar-refractivity contribution >= 4 is 36.1 Å². The van der Waals surface area contributed by atoms with Crippen LogP contribution in [0.25, 0.3) is 0 Å². The van der Waals surface area contributed by atoms with Crippen LogP contribution >= 0.6 is 15.9 Å². The van der Waals surface area contributed by atoms with Crippen LogP contribution < -0.4 is 0 Å². The molecule has 1 aliphatic heterocycles. The maximum atomic E-state index is 12.5. The van der Waals surface area contributed by atoms with Crippen molar-refractivity contribution in [2.75, 3.05) is 7.11 Å². The summed E-state index contributed by atoms with van der Waals surface area (Å²) in [6.45, 7) is 14.8. The summed E-state index contributed by atoms with van der Waals surface area (Å²) >= 11 is 3.53. The molecule has 0 spiro atoms. The van der Waals surface area contributed by atoms with Crippen LogP contribution in [-0.2, 0) is 14.0 Å². The monoisotopic (exact) mass is 431 g/mol. The lowest BCUT2D eigenvalue weighted by molar-refractivity contribution is -0.122. The van der Waals surface area contributed by atoms with Crippen molar-refractivity contribution in [1.82, 2.24) is 4.90 Å². The molecular weight excluding hydrogens is 402 g/mol. The number of fused-ring (bicyclic) bond motifs is 2. The predicted octanol–water partition coefficient (Wildman–Crippen LogP) is 4.12. The summed E-state index contributed by atoms with van der Waals surface area (Å²) in [5.74, 6) is 0.114. The fourth-order valence-corrected chi connectivity index (χ4v) is 5.74. The zero-order chi connectivity index (χ0) is 19.2. The minimum absolute atomic E-state index is 0.0162. The molecule has 25 heavy (non-hydrogen) atoms. The van der Waals surface area contributed by atoms with Gasteiger partial charge in [-0.05, 0) is 24.6 Å². The second-order valence-electron chi connectivity index (χ2n) is 8.54. The Hall–Kier alpha value is -0.663. The summed E-state index contributed by atoms with van der Waals surface area (Å²) in [6.07, 6.45) is 2.28. The van der Waals surface area contributed by atoms with Crippen molar-refractivity contribution in [3.63, 3.8) is 0 Å². The van der Waals surface area contributed by atoms with Gasteiger partial charge in [0.15, 0.2) is 8.32 Å². The van der Waals surface area contributed by atoms with Crippen LogP contribution in [0.5, 0.6) is 0 Å². The summed E-state index contributed by atoms with van der Waals surface area (Å²) in [4.78, 5) is 26.3. The number of halogens is 1. The van der Waals surface area contributed by atoms with Gasteiger partial charge in [0, 0.05) is 18.4 Å². The number of alkyl halides is 1. The van der Waals surface area contributed by atoms with Crippen molar-refractivity contribution in [3.8, 4) is 0 Å². The average molecular weight is 432 g/mol. The van der Waals surface area contributed by atoms with E-state index in [1.54, 1.807) is 11.0 Å². The number of methoxy groups -OCH3 is 1. The Morgan fingerprint density at radius 3 is 2.52 bits per heavy atom. The summed E-state index contributed by atoms with van der Waals surface area (Å²) in [5.41, 5.74) is 0.